The van der Waals surface area contributed by atoms with Gasteiger partial charge in [-0.15, -0.1) is 0 Å². The maximum atomic E-state index is 11.9. The number of esters is 1. The molecule has 1 aliphatic heterocycles. The first-order valence-electron chi connectivity index (χ1n) is 6.45. The summed E-state index contributed by atoms with van der Waals surface area (Å²) in [5.74, 6) is 3.19. The monoisotopic (exact) mass is 281 g/mol. The van der Waals surface area contributed by atoms with Gasteiger partial charge in [0.2, 0.25) is 0 Å². The molecule has 1 aromatic heterocycles. The summed E-state index contributed by atoms with van der Waals surface area (Å²) >= 11 is 1.97. The van der Waals surface area contributed by atoms with Crippen LogP contribution in [-0.2, 0) is 4.74 Å². The Morgan fingerprint density at radius 1 is 1.68 bits per heavy atom. The summed E-state index contributed by atoms with van der Waals surface area (Å²) < 4.78 is 5.02. The second kappa shape index (κ2) is 6.65. The number of thioether (sulfide) groups is 1. The molecule has 1 fully saturated rings. The number of hydrogen-bond acceptors (Lipinski definition) is 6. The molecule has 104 valence electrons. The summed E-state index contributed by atoms with van der Waals surface area (Å²) in [5, 5.41) is 3.24. The SMILES string of the molecule is CCOC(=O)c1cc(N)cnc1NCC1CCSC1. The van der Waals surface area contributed by atoms with Gasteiger partial charge in [-0.3, -0.25) is 0 Å². The van der Waals surface area contributed by atoms with Crippen LogP contribution in [0.25, 0.3) is 0 Å². The van der Waals surface area contributed by atoms with Crippen molar-refractivity contribution in [3.63, 3.8) is 0 Å². The molecule has 5 nitrogen and oxygen atoms in total. The molecule has 2 rings (SSSR count). The van der Waals surface area contributed by atoms with Crippen LogP contribution in [0.5, 0.6) is 0 Å². The second-order valence-electron chi connectivity index (χ2n) is 4.50. The van der Waals surface area contributed by atoms with Crippen LogP contribution in [-0.4, -0.2) is 35.6 Å². The van der Waals surface area contributed by atoms with E-state index in [1.807, 2.05) is 11.8 Å². The molecule has 1 aliphatic rings. The van der Waals surface area contributed by atoms with Gasteiger partial charge in [0.25, 0.3) is 0 Å². The molecule has 1 aromatic rings. The van der Waals surface area contributed by atoms with Crippen molar-refractivity contribution in [2.24, 2.45) is 5.92 Å². The fourth-order valence-electron chi connectivity index (χ4n) is 1.97. The fraction of sp³-hybridized carbons (Fsp3) is 0.538. The number of nitrogens with two attached hydrogens (primary N) is 1. The zero-order valence-electron chi connectivity index (χ0n) is 11.0. The van der Waals surface area contributed by atoms with E-state index in [0.29, 0.717) is 29.6 Å². The van der Waals surface area contributed by atoms with Gasteiger partial charge >= 0.3 is 5.97 Å². The van der Waals surface area contributed by atoms with E-state index in [1.54, 1.807) is 19.2 Å². The Kier molecular flexibility index (Phi) is 4.90. The summed E-state index contributed by atoms with van der Waals surface area (Å²) in [6.45, 7) is 2.95. The normalized spacial score (nSPS) is 18.3. The smallest absolute Gasteiger partial charge is 0.341 e. The van der Waals surface area contributed by atoms with E-state index in [2.05, 4.69) is 10.3 Å². The number of nitrogens with one attached hydrogen (secondary N) is 1. The molecular weight excluding hydrogens is 262 g/mol. The number of carbonyl (C=O) groups excluding carboxylic acids is 1. The maximum Gasteiger partial charge on any atom is 0.341 e. The molecular formula is C13H19N3O2S. The van der Waals surface area contributed by atoms with Crippen LogP contribution >= 0.6 is 11.8 Å². The lowest BCUT2D eigenvalue weighted by Gasteiger charge is -2.13. The zero-order chi connectivity index (χ0) is 13.7. The van der Waals surface area contributed by atoms with Crippen LogP contribution < -0.4 is 11.1 Å². The highest BCUT2D eigenvalue weighted by Crippen LogP contribution is 2.24. The molecule has 0 bridgehead atoms. The van der Waals surface area contributed by atoms with Crippen molar-refractivity contribution in [2.45, 2.75) is 13.3 Å². The molecule has 3 N–H and O–H groups in total. The first-order chi connectivity index (χ1) is 9.20. The van der Waals surface area contributed by atoms with Crippen LogP contribution in [0.3, 0.4) is 0 Å². The molecule has 1 atom stereocenters. The van der Waals surface area contributed by atoms with Crippen molar-refractivity contribution in [2.75, 3.05) is 35.7 Å². The lowest BCUT2D eigenvalue weighted by molar-refractivity contribution is 0.0527. The van der Waals surface area contributed by atoms with Gasteiger partial charge < -0.3 is 15.8 Å². The molecule has 19 heavy (non-hydrogen) atoms. The summed E-state index contributed by atoms with van der Waals surface area (Å²) in [6, 6.07) is 1.61. The number of carbonyl (C=O) groups is 1. The Hall–Kier alpha value is -1.43. The Balaban J connectivity index is 2.07. The molecule has 0 amide bonds. The zero-order valence-corrected chi connectivity index (χ0v) is 11.8. The molecule has 2 heterocycles. The van der Waals surface area contributed by atoms with E-state index in [0.717, 1.165) is 12.3 Å². The van der Waals surface area contributed by atoms with Gasteiger partial charge in [0.05, 0.1) is 18.5 Å². The van der Waals surface area contributed by atoms with Crippen LogP contribution in [0, 0.1) is 5.92 Å². The summed E-state index contributed by atoms with van der Waals surface area (Å²) in [6.07, 6.45) is 2.76. The third kappa shape index (κ3) is 3.76. The maximum absolute atomic E-state index is 11.9. The second-order valence-corrected chi connectivity index (χ2v) is 5.65. The van der Waals surface area contributed by atoms with Crippen molar-refractivity contribution in [3.8, 4) is 0 Å². The molecule has 0 spiro atoms. The molecule has 0 saturated carbocycles. The largest absolute Gasteiger partial charge is 0.462 e. The standard InChI is InChI=1S/C13H19N3O2S/c1-2-18-13(17)11-5-10(14)7-16-12(11)15-6-9-3-4-19-8-9/h5,7,9H,2-4,6,8,14H2,1H3,(H,15,16). The first kappa shape index (κ1) is 14.0. The summed E-state index contributed by atoms with van der Waals surface area (Å²) in [4.78, 5) is 16.1. The van der Waals surface area contributed by atoms with Gasteiger partial charge in [0.1, 0.15) is 11.4 Å². The van der Waals surface area contributed by atoms with Gasteiger partial charge in [-0.25, -0.2) is 9.78 Å². The lowest BCUT2D eigenvalue weighted by Crippen LogP contribution is -2.17. The highest BCUT2D eigenvalue weighted by molar-refractivity contribution is 7.99. The van der Waals surface area contributed by atoms with Crippen molar-refractivity contribution in [3.05, 3.63) is 17.8 Å². The molecule has 0 aliphatic carbocycles. The van der Waals surface area contributed by atoms with E-state index >= 15 is 0 Å². The Morgan fingerprint density at radius 2 is 2.53 bits per heavy atom. The molecule has 0 aromatic carbocycles. The van der Waals surface area contributed by atoms with Crippen molar-refractivity contribution >= 4 is 29.2 Å². The van der Waals surface area contributed by atoms with Gasteiger partial charge in [0, 0.05) is 6.54 Å². The molecule has 6 heteroatoms. The van der Waals surface area contributed by atoms with Crippen LogP contribution in [0.4, 0.5) is 11.5 Å². The van der Waals surface area contributed by atoms with E-state index < -0.39 is 0 Å². The quantitative estimate of drug-likeness (QED) is 0.804. The topological polar surface area (TPSA) is 77.2 Å². The average molecular weight is 281 g/mol. The fourth-order valence-corrected chi connectivity index (χ4v) is 3.26. The number of nitrogen functional groups attached to an aromatic ring is 1. The van der Waals surface area contributed by atoms with E-state index in [9.17, 15) is 4.79 Å². The summed E-state index contributed by atoms with van der Waals surface area (Å²) in [5.41, 5.74) is 6.55. The van der Waals surface area contributed by atoms with Gasteiger partial charge in [-0.1, -0.05) is 0 Å². The predicted octanol–water partition coefficient (Wildman–Crippen LogP) is 2.01. The lowest BCUT2D eigenvalue weighted by atomic mass is 10.1. The Labute approximate surface area is 117 Å². The van der Waals surface area contributed by atoms with E-state index in [1.165, 1.54) is 12.2 Å². The third-order valence-corrected chi connectivity index (χ3v) is 4.22. The number of nitrogens with zero attached hydrogens (tertiary/aromatic N) is 1. The number of ether oxygens (including phenoxy) is 1. The van der Waals surface area contributed by atoms with Gasteiger partial charge in [-0.05, 0) is 36.8 Å². The van der Waals surface area contributed by atoms with E-state index in [4.69, 9.17) is 10.5 Å². The number of pyridine rings is 1. The van der Waals surface area contributed by atoms with Crippen molar-refractivity contribution in [1.29, 1.82) is 0 Å². The molecule has 1 saturated heterocycles. The van der Waals surface area contributed by atoms with E-state index in [-0.39, 0.29) is 5.97 Å². The first-order valence-corrected chi connectivity index (χ1v) is 7.60. The predicted molar refractivity (Wildman–Crippen MR) is 78.5 cm³/mol. The van der Waals surface area contributed by atoms with Crippen LogP contribution in [0.1, 0.15) is 23.7 Å². The number of hydrogen-bond donors (Lipinski definition) is 2. The average Bonchev–Trinajstić information content (AvgIpc) is 2.90. The Morgan fingerprint density at radius 3 is 3.21 bits per heavy atom. The van der Waals surface area contributed by atoms with Crippen LogP contribution in [0.2, 0.25) is 0 Å². The minimum absolute atomic E-state index is 0.340. The third-order valence-electron chi connectivity index (χ3n) is 2.99. The number of aromatic nitrogens is 1. The van der Waals surface area contributed by atoms with Crippen molar-refractivity contribution < 1.29 is 9.53 Å². The molecule has 0 radical (unpaired) electrons. The summed E-state index contributed by atoms with van der Waals surface area (Å²) in [7, 11) is 0. The van der Waals surface area contributed by atoms with Gasteiger partial charge in [-0.2, -0.15) is 11.8 Å². The number of anilines is 2. The minimum atomic E-state index is -0.384. The highest BCUT2D eigenvalue weighted by Gasteiger charge is 2.18. The molecule has 1 unspecified atom stereocenters. The highest BCUT2D eigenvalue weighted by atomic mass is 32.2. The Bertz CT molecular complexity index is 448. The number of rotatable bonds is 5. The van der Waals surface area contributed by atoms with Gasteiger partial charge in [0.15, 0.2) is 0 Å². The minimum Gasteiger partial charge on any atom is -0.462 e. The van der Waals surface area contributed by atoms with Crippen molar-refractivity contribution in [1.82, 2.24) is 4.98 Å². The van der Waals surface area contributed by atoms with Crippen LogP contribution in [0.15, 0.2) is 12.3 Å².